The molecule has 2 heterocycles. The predicted octanol–water partition coefficient (Wildman–Crippen LogP) is 2.95. The number of aromatic nitrogens is 3. The highest BCUT2D eigenvalue weighted by Gasteiger charge is 2.24. The van der Waals surface area contributed by atoms with Crippen LogP contribution in [-0.2, 0) is 0 Å². The number of carbonyl (C=O) groups excluding carboxylic acids is 1. The first-order valence-corrected chi connectivity index (χ1v) is 5.73. The Labute approximate surface area is 102 Å². The monoisotopic (exact) mass is 281 g/mol. The number of fused-ring (bicyclic) bond motifs is 1. The molecule has 2 aromatic heterocycles. The van der Waals surface area contributed by atoms with Gasteiger partial charge >= 0.3 is 0 Å². The summed E-state index contributed by atoms with van der Waals surface area (Å²) in [6, 6.07) is 1.74. The van der Waals surface area contributed by atoms with Crippen LogP contribution < -0.4 is 0 Å². The van der Waals surface area contributed by atoms with Crippen LogP contribution in [0.1, 0.15) is 31.3 Å². The van der Waals surface area contributed by atoms with Gasteiger partial charge in [-0.1, -0.05) is 20.8 Å². The number of hydrogen-bond donors (Lipinski definition) is 1. The molecule has 16 heavy (non-hydrogen) atoms. The number of nitrogens with zero attached hydrogens (tertiary/aromatic N) is 2. The molecule has 0 amide bonds. The molecule has 2 rings (SSSR count). The Hall–Kier alpha value is -1.23. The van der Waals surface area contributed by atoms with E-state index in [0.717, 1.165) is 0 Å². The van der Waals surface area contributed by atoms with E-state index in [9.17, 15) is 4.79 Å². The summed E-state index contributed by atoms with van der Waals surface area (Å²) in [6.07, 6.45) is 1.60. The van der Waals surface area contributed by atoms with Crippen molar-refractivity contribution >= 4 is 32.9 Å². The molecule has 1 N–H and O–H groups in total. The number of Topliss-reactive ketones (excluding diaryl/α,β-unsaturated/α-hetero) is 1. The third-order valence-electron chi connectivity index (χ3n) is 2.23. The third-order valence-corrected chi connectivity index (χ3v) is 2.61. The highest BCUT2D eigenvalue weighted by atomic mass is 79.9. The van der Waals surface area contributed by atoms with Gasteiger partial charge in [0.2, 0.25) is 0 Å². The van der Waals surface area contributed by atoms with Crippen LogP contribution in [0.2, 0.25) is 0 Å². The van der Waals surface area contributed by atoms with Crippen molar-refractivity contribution in [3.63, 3.8) is 0 Å². The van der Waals surface area contributed by atoms with Crippen molar-refractivity contribution in [2.24, 2.45) is 5.41 Å². The van der Waals surface area contributed by atoms with Crippen molar-refractivity contribution in [1.82, 2.24) is 15.0 Å². The highest BCUT2D eigenvalue weighted by molar-refractivity contribution is 9.10. The lowest BCUT2D eigenvalue weighted by atomic mass is 9.89. The van der Waals surface area contributed by atoms with Crippen LogP contribution in [0, 0.1) is 5.41 Å². The Morgan fingerprint density at radius 3 is 2.75 bits per heavy atom. The number of H-pyrrole nitrogens is 1. The van der Waals surface area contributed by atoms with Gasteiger partial charge in [-0.25, -0.2) is 9.97 Å². The number of rotatable bonds is 1. The second kappa shape index (κ2) is 3.66. The van der Waals surface area contributed by atoms with E-state index in [-0.39, 0.29) is 5.78 Å². The second-order valence-electron chi connectivity index (χ2n) is 4.69. The van der Waals surface area contributed by atoms with Crippen molar-refractivity contribution < 1.29 is 4.79 Å². The molecule has 0 saturated heterocycles. The first-order valence-electron chi connectivity index (χ1n) is 4.94. The van der Waals surface area contributed by atoms with Crippen LogP contribution in [0.5, 0.6) is 0 Å². The summed E-state index contributed by atoms with van der Waals surface area (Å²) in [4.78, 5) is 23.4. The Kier molecular flexibility index (Phi) is 2.58. The zero-order valence-corrected chi connectivity index (χ0v) is 10.9. The number of ketones is 1. The number of nitrogens with one attached hydrogen (secondary N) is 1. The molecule has 4 nitrogen and oxygen atoms in total. The van der Waals surface area contributed by atoms with Crippen molar-refractivity contribution in [3.8, 4) is 0 Å². The molecule has 0 aliphatic heterocycles. The molecule has 0 aromatic carbocycles. The van der Waals surface area contributed by atoms with Crippen LogP contribution in [0.15, 0.2) is 16.9 Å². The van der Waals surface area contributed by atoms with Crippen molar-refractivity contribution in [2.75, 3.05) is 0 Å². The van der Waals surface area contributed by atoms with Gasteiger partial charge in [0.25, 0.3) is 0 Å². The van der Waals surface area contributed by atoms with E-state index in [4.69, 9.17) is 0 Å². The van der Waals surface area contributed by atoms with E-state index in [1.54, 1.807) is 12.3 Å². The van der Waals surface area contributed by atoms with Crippen molar-refractivity contribution in [3.05, 3.63) is 22.6 Å². The van der Waals surface area contributed by atoms with Gasteiger partial charge in [0.15, 0.2) is 11.4 Å². The average molecular weight is 282 g/mol. The maximum Gasteiger partial charge on any atom is 0.184 e. The molecule has 0 aliphatic carbocycles. The van der Waals surface area contributed by atoms with Gasteiger partial charge in [0.05, 0.1) is 11.9 Å². The number of halogens is 1. The molecule has 5 heteroatoms. The highest BCUT2D eigenvalue weighted by Crippen LogP contribution is 2.22. The first kappa shape index (κ1) is 11.3. The van der Waals surface area contributed by atoms with Crippen LogP contribution in [0.25, 0.3) is 11.2 Å². The van der Waals surface area contributed by atoms with Gasteiger partial charge in [0.1, 0.15) is 10.1 Å². The maximum absolute atomic E-state index is 12.0. The Bertz CT molecular complexity index is 554. The van der Waals surface area contributed by atoms with Crippen LogP contribution in [-0.4, -0.2) is 20.7 Å². The summed E-state index contributed by atoms with van der Waals surface area (Å²) in [5, 5.41) is 0. The Morgan fingerprint density at radius 1 is 1.44 bits per heavy atom. The molecule has 0 saturated carbocycles. The summed E-state index contributed by atoms with van der Waals surface area (Å²) in [5.41, 5.74) is 1.48. The fraction of sp³-hybridized carbons (Fsp3) is 0.364. The summed E-state index contributed by atoms with van der Waals surface area (Å²) in [5.74, 6) is 0.0587. The molecule has 0 unspecified atom stereocenters. The third kappa shape index (κ3) is 2.00. The normalized spacial score (nSPS) is 12.0. The van der Waals surface area contributed by atoms with Gasteiger partial charge in [-0.05, 0) is 22.0 Å². The quantitative estimate of drug-likeness (QED) is 0.818. The second-order valence-corrected chi connectivity index (χ2v) is 5.50. The zero-order chi connectivity index (χ0) is 11.9. The lowest BCUT2D eigenvalue weighted by molar-refractivity contribution is 0.0854. The average Bonchev–Trinajstić information content (AvgIpc) is 2.57. The van der Waals surface area contributed by atoms with E-state index >= 15 is 0 Å². The molecule has 0 fully saturated rings. The van der Waals surface area contributed by atoms with Crippen LogP contribution in [0.3, 0.4) is 0 Å². The van der Waals surface area contributed by atoms with Gasteiger partial charge in [-0.3, -0.25) is 4.79 Å². The predicted molar refractivity (Wildman–Crippen MR) is 65.4 cm³/mol. The van der Waals surface area contributed by atoms with E-state index in [2.05, 4.69) is 30.9 Å². The molecular weight excluding hydrogens is 270 g/mol. The van der Waals surface area contributed by atoms with Gasteiger partial charge < -0.3 is 4.98 Å². The van der Waals surface area contributed by atoms with E-state index in [1.165, 1.54) is 0 Å². The molecule has 0 bridgehead atoms. The first-order chi connectivity index (χ1) is 7.38. The minimum absolute atomic E-state index is 0.0587. The van der Waals surface area contributed by atoms with Gasteiger partial charge in [-0.15, -0.1) is 0 Å². The smallest absolute Gasteiger partial charge is 0.184 e. The van der Waals surface area contributed by atoms with Crippen LogP contribution >= 0.6 is 15.9 Å². The van der Waals surface area contributed by atoms with Crippen molar-refractivity contribution in [2.45, 2.75) is 20.8 Å². The van der Waals surface area contributed by atoms with Crippen LogP contribution in [0.4, 0.5) is 0 Å². The largest absolute Gasteiger partial charge is 0.335 e. The van der Waals surface area contributed by atoms with Gasteiger partial charge in [-0.2, -0.15) is 0 Å². The SMILES string of the molecule is CC(C)(C)C(=O)c1cc2nc(Br)cnc2[nH]1. The summed E-state index contributed by atoms with van der Waals surface area (Å²) in [6.45, 7) is 5.66. The summed E-state index contributed by atoms with van der Waals surface area (Å²) >= 11 is 3.25. The molecular formula is C11H12BrN3O. The Balaban J connectivity index is 2.52. The van der Waals surface area contributed by atoms with Gasteiger partial charge in [0, 0.05) is 5.41 Å². The zero-order valence-electron chi connectivity index (χ0n) is 9.34. The maximum atomic E-state index is 12.0. The van der Waals surface area contributed by atoms with E-state index in [1.807, 2.05) is 20.8 Å². The summed E-state index contributed by atoms with van der Waals surface area (Å²) in [7, 11) is 0. The topological polar surface area (TPSA) is 58.6 Å². The Morgan fingerprint density at radius 2 is 2.12 bits per heavy atom. The fourth-order valence-electron chi connectivity index (χ4n) is 1.40. The van der Waals surface area contributed by atoms with E-state index in [0.29, 0.717) is 21.5 Å². The lowest BCUT2D eigenvalue weighted by Crippen LogP contribution is -2.20. The number of carbonyl (C=O) groups is 1. The minimum atomic E-state index is -0.405. The molecule has 2 aromatic rings. The molecule has 0 aliphatic rings. The lowest BCUT2D eigenvalue weighted by Gasteiger charge is -2.14. The van der Waals surface area contributed by atoms with E-state index < -0.39 is 5.41 Å². The molecule has 0 radical (unpaired) electrons. The molecule has 0 atom stereocenters. The van der Waals surface area contributed by atoms with Crippen molar-refractivity contribution in [1.29, 1.82) is 0 Å². The number of hydrogen-bond acceptors (Lipinski definition) is 3. The summed E-state index contributed by atoms with van der Waals surface area (Å²) < 4.78 is 0.661. The minimum Gasteiger partial charge on any atom is -0.335 e. The number of aromatic amines is 1. The standard InChI is InChI=1S/C11H12BrN3O/c1-11(2,3)9(16)6-4-7-10(15-6)13-5-8(12)14-7/h4-5H,1-3H3,(H,13,15). The molecule has 84 valence electrons. The fourth-order valence-corrected chi connectivity index (χ4v) is 1.70. The molecule has 0 spiro atoms.